The van der Waals surface area contributed by atoms with Crippen LogP contribution >= 0.6 is 0 Å². The summed E-state index contributed by atoms with van der Waals surface area (Å²) in [5.74, 6) is 0.132. The highest BCUT2D eigenvalue weighted by molar-refractivity contribution is 5.76. The van der Waals surface area contributed by atoms with Gasteiger partial charge in [-0.05, 0) is 37.3 Å². The molecule has 0 saturated carbocycles. The summed E-state index contributed by atoms with van der Waals surface area (Å²) in [6.07, 6.45) is 3.11. The summed E-state index contributed by atoms with van der Waals surface area (Å²) in [5, 5.41) is 9.22. The number of benzene rings is 2. The van der Waals surface area contributed by atoms with Crippen LogP contribution in [-0.2, 0) is 17.6 Å². The lowest BCUT2D eigenvalue weighted by molar-refractivity contribution is -0.131. The van der Waals surface area contributed by atoms with E-state index in [2.05, 4.69) is 43.3 Å². The molecule has 0 radical (unpaired) electrons. The van der Waals surface area contributed by atoms with Crippen molar-refractivity contribution in [1.29, 1.82) is 0 Å². The van der Waals surface area contributed by atoms with Crippen LogP contribution in [0.4, 0.5) is 0 Å². The number of hydrogen-bond acceptors (Lipinski definition) is 2. The second kappa shape index (κ2) is 9.89. The highest BCUT2D eigenvalue weighted by atomic mass is 16.3. The molecule has 3 heteroatoms. The molecule has 0 fully saturated rings. The third-order valence-corrected chi connectivity index (χ3v) is 4.21. The van der Waals surface area contributed by atoms with Gasteiger partial charge in [0.15, 0.2) is 0 Å². The fraction of sp³-hybridized carbons (Fsp3) is 0.381. The van der Waals surface area contributed by atoms with Gasteiger partial charge in [0.1, 0.15) is 0 Å². The van der Waals surface area contributed by atoms with E-state index in [-0.39, 0.29) is 12.5 Å². The first-order valence-corrected chi connectivity index (χ1v) is 8.67. The predicted octanol–water partition coefficient (Wildman–Crippen LogP) is 3.38. The molecule has 3 nitrogen and oxygen atoms in total. The summed E-state index contributed by atoms with van der Waals surface area (Å²) in [6.45, 7) is 3.16. The minimum Gasteiger partial charge on any atom is -0.395 e. The van der Waals surface area contributed by atoms with E-state index in [9.17, 15) is 9.90 Å². The molecule has 24 heavy (non-hydrogen) atoms. The molecule has 1 amide bonds. The Kier molecular flexibility index (Phi) is 7.50. The number of carbonyl (C=O) groups is 1. The van der Waals surface area contributed by atoms with Crippen molar-refractivity contribution < 1.29 is 9.90 Å². The van der Waals surface area contributed by atoms with Crippen LogP contribution in [0.3, 0.4) is 0 Å². The Hall–Kier alpha value is -2.13. The summed E-state index contributed by atoms with van der Waals surface area (Å²) in [4.78, 5) is 14.2. The monoisotopic (exact) mass is 325 g/mol. The molecule has 2 aromatic carbocycles. The van der Waals surface area contributed by atoms with Crippen LogP contribution < -0.4 is 0 Å². The van der Waals surface area contributed by atoms with E-state index in [1.807, 2.05) is 18.2 Å². The van der Waals surface area contributed by atoms with Gasteiger partial charge in [-0.1, -0.05) is 60.2 Å². The summed E-state index contributed by atoms with van der Waals surface area (Å²) in [7, 11) is 0. The first-order chi connectivity index (χ1) is 11.7. The molecule has 0 aromatic heterocycles. The maximum absolute atomic E-state index is 12.4. The maximum atomic E-state index is 12.4. The van der Waals surface area contributed by atoms with E-state index >= 15 is 0 Å². The van der Waals surface area contributed by atoms with Crippen LogP contribution in [0.15, 0.2) is 54.6 Å². The number of carbonyl (C=O) groups excluding carboxylic acids is 1. The molecule has 0 heterocycles. The van der Waals surface area contributed by atoms with Crippen LogP contribution in [0.1, 0.15) is 29.5 Å². The van der Waals surface area contributed by atoms with Crippen molar-refractivity contribution in [1.82, 2.24) is 4.90 Å². The van der Waals surface area contributed by atoms with E-state index < -0.39 is 0 Å². The molecule has 0 atom stereocenters. The molecule has 0 aliphatic rings. The number of aliphatic hydroxyl groups is 1. The number of aryl methyl sites for hydroxylation is 2. The van der Waals surface area contributed by atoms with Gasteiger partial charge in [0, 0.05) is 19.5 Å². The Morgan fingerprint density at radius 3 is 2.25 bits per heavy atom. The molecular formula is C21H27NO2. The van der Waals surface area contributed by atoms with Gasteiger partial charge >= 0.3 is 0 Å². The van der Waals surface area contributed by atoms with E-state index in [1.165, 1.54) is 16.7 Å². The molecule has 128 valence electrons. The molecule has 2 aromatic rings. The van der Waals surface area contributed by atoms with E-state index in [1.54, 1.807) is 4.90 Å². The third kappa shape index (κ3) is 6.17. The molecular weight excluding hydrogens is 298 g/mol. The van der Waals surface area contributed by atoms with E-state index in [0.717, 1.165) is 19.3 Å². The van der Waals surface area contributed by atoms with Crippen LogP contribution in [0.5, 0.6) is 0 Å². The Bertz CT molecular complexity index is 607. The fourth-order valence-electron chi connectivity index (χ4n) is 2.75. The van der Waals surface area contributed by atoms with Crippen LogP contribution in [0.2, 0.25) is 0 Å². The van der Waals surface area contributed by atoms with E-state index in [4.69, 9.17) is 0 Å². The summed E-state index contributed by atoms with van der Waals surface area (Å²) < 4.78 is 0. The van der Waals surface area contributed by atoms with Crippen LogP contribution in [-0.4, -0.2) is 35.6 Å². The summed E-state index contributed by atoms with van der Waals surface area (Å²) in [5.41, 5.74) is 3.74. The van der Waals surface area contributed by atoms with Crippen molar-refractivity contribution in [2.45, 2.75) is 32.6 Å². The van der Waals surface area contributed by atoms with Gasteiger partial charge in [0.25, 0.3) is 0 Å². The Morgan fingerprint density at radius 2 is 1.58 bits per heavy atom. The second-order valence-corrected chi connectivity index (χ2v) is 6.18. The standard InChI is InChI=1S/C21H27NO2/c1-18-10-12-20(13-11-18)8-5-9-21(24)22(16-17-23)15-14-19-6-3-2-4-7-19/h2-4,6-7,10-13,23H,5,8-9,14-17H2,1H3. The van der Waals surface area contributed by atoms with Crippen LogP contribution in [0.25, 0.3) is 0 Å². The topological polar surface area (TPSA) is 40.5 Å². The largest absolute Gasteiger partial charge is 0.395 e. The van der Waals surface area contributed by atoms with E-state index in [0.29, 0.717) is 19.5 Å². The second-order valence-electron chi connectivity index (χ2n) is 6.18. The van der Waals surface area contributed by atoms with Gasteiger partial charge in [0.2, 0.25) is 5.91 Å². The lowest BCUT2D eigenvalue weighted by Gasteiger charge is -2.22. The number of amides is 1. The van der Waals surface area contributed by atoms with Gasteiger partial charge in [-0.15, -0.1) is 0 Å². The average molecular weight is 325 g/mol. The molecule has 0 aliphatic heterocycles. The minimum absolute atomic E-state index is 0.0124. The maximum Gasteiger partial charge on any atom is 0.222 e. The minimum atomic E-state index is 0.0124. The Morgan fingerprint density at radius 1 is 0.917 bits per heavy atom. The molecule has 0 saturated heterocycles. The summed E-state index contributed by atoms with van der Waals surface area (Å²) in [6, 6.07) is 18.6. The first-order valence-electron chi connectivity index (χ1n) is 8.67. The van der Waals surface area contributed by atoms with Crippen molar-refractivity contribution in [2.75, 3.05) is 19.7 Å². The number of hydrogen-bond donors (Lipinski definition) is 1. The smallest absolute Gasteiger partial charge is 0.222 e. The molecule has 2 rings (SSSR count). The Labute approximate surface area is 144 Å². The third-order valence-electron chi connectivity index (χ3n) is 4.21. The van der Waals surface area contributed by atoms with Gasteiger partial charge in [-0.3, -0.25) is 4.79 Å². The first kappa shape index (κ1) is 18.2. The lowest BCUT2D eigenvalue weighted by Crippen LogP contribution is -2.35. The fourth-order valence-corrected chi connectivity index (χ4v) is 2.75. The van der Waals surface area contributed by atoms with Gasteiger partial charge in [0.05, 0.1) is 6.61 Å². The predicted molar refractivity (Wildman–Crippen MR) is 97.9 cm³/mol. The quantitative estimate of drug-likeness (QED) is 0.768. The zero-order valence-electron chi connectivity index (χ0n) is 14.4. The normalized spacial score (nSPS) is 10.6. The van der Waals surface area contributed by atoms with Crippen molar-refractivity contribution in [3.05, 3.63) is 71.3 Å². The molecule has 0 spiro atoms. The lowest BCUT2D eigenvalue weighted by atomic mass is 10.1. The van der Waals surface area contributed by atoms with Crippen molar-refractivity contribution >= 4 is 5.91 Å². The molecule has 0 bridgehead atoms. The van der Waals surface area contributed by atoms with Crippen molar-refractivity contribution in [3.63, 3.8) is 0 Å². The van der Waals surface area contributed by atoms with Gasteiger partial charge < -0.3 is 10.0 Å². The van der Waals surface area contributed by atoms with Crippen molar-refractivity contribution in [2.24, 2.45) is 0 Å². The number of aliphatic hydroxyl groups excluding tert-OH is 1. The SMILES string of the molecule is Cc1ccc(CCCC(=O)N(CCO)CCc2ccccc2)cc1. The average Bonchev–Trinajstić information content (AvgIpc) is 2.61. The molecule has 0 unspecified atom stereocenters. The van der Waals surface area contributed by atoms with Crippen LogP contribution in [0, 0.1) is 6.92 Å². The number of nitrogens with zero attached hydrogens (tertiary/aromatic N) is 1. The zero-order chi connectivity index (χ0) is 17.2. The molecule has 1 N–H and O–H groups in total. The van der Waals surface area contributed by atoms with Gasteiger partial charge in [-0.25, -0.2) is 0 Å². The number of rotatable bonds is 9. The highest BCUT2D eigenvalue weighted by Crippen LogP contribution is 2.09. The van der Waals surface area contributed by atoms with Crippen molar-refractivity contribution in [3.8, 4) is 0 Å². The highest BCUT2D eigenvalue weighted by Gasteiger charge is 2.12. The Balaban J connectivity index is 1.78. The summed E-state index contributed by atoms with van der Waals surface area (Å²) >= 11 is 0. The van der Waals surface area contributed by atoms with Gasteiger partial charge in [-0.2, -0.15) is 0 Å². The molecule has 0 aliphatic carbocycles. The zero-order valence-corrected chi connectivity index (χ0v) is 14.4.